The summed E-state index contributed by atoms with van der Waals surface area (Å²) in [6.07, 6.45) is 1.54. The summed E-state index contributed by atoms with van der Waals surface area (Å²) < 4.78 is 48.0. The second-order valence-corrected chi connectivity index (χ2v) is 10.8. The van der Waals surface area contributed by atoms with Crippen LogP contribution in [0.2, 0.25) is 0 Å². The van der Waals surface area contributed by atoms with E-state index in [0.29, 0.717) is 17.7 Å². The molecule has 1 aliphatic heterocycles. The molecule has 1 unspecified atom stereocenters. The number of sulfonamides is 1. The van der Waals surface area contributed by atoms with E-state index in [4.69, 9.17) is 4.74 Å². The topological polar surface area (TPSA) is 75.7 Å². The first-order chi connectivity index (χ1) is 15.7. The Labute approximate surface area is 196 Å². The molecule has 1 heterocycles. The summed E-state index contributed by atoms with van der Waals surface area (Å²) in [7, 11) is -2.05. The molecule has 1 saturated heterocycles. The third-order valence-electron chi connectivity index (χ3n) is 6.49. The number of ketones is 1. The maximum Gasteiger partial charge on any atom is 0.214 e. The third-order valence-corrected chi connectivity index (χ3v) is 8.40. The number of halogens is 1. The molecule has 1 N–H and O–H groups in total. The molecule has 3 rings (SSSR count). The summed E-state index contributed by atoms with van der Waals surface area (Å²) in [5, 5.41) is -0.628. The standard InChI is InChI=1S/C25H33FN2O4S/c1-18-15-22(21-7-5-4-6-8-21)16-23(25(18)26)24(29)17-27-33(30,31)19(2)20-9-11-28(12-10-20)13-14-32-3/h4-8,15-16,19-20,27H,9-14,17H2,1-3H3. The zero-order valence-electron chi connectivity index (χ0n) is 19.5. The molecule has 6 nitrogen and oxygen atoms in total. The van der Waals surface area contributed by atoms with E-state index >= 15 is 0 Å². The van der Waals surface area contributed by atoms with Crippen molar-refractivity contribution in [2.45, 2.75) is 31.9 Å². The van der Waals surface area contributed by atoms with Gasteiger partial charge in [-0.1, -0.05) is 30.3 Å². The van der Waals surface area contributed by atoms with Gasteiger partial charge in [0.1, 0.15) is 5.82 Å². The fourth-order valence-electron chi connectivity index (χ4n) is 4.28. The lowest BCUT2D eigenvalue weighted by atomic mass is 9.94. The second kappa shape index (κ2) is 11.3. The van der Waals surface area contributed by atoms with Crippen molar-refractivity contribution in [3.63, 3.8) is 0 Å². The number of rotatable bonds is 10. The number of hydrogen-bond donors (Lipinski definition) is 1. The minimum Gasteiger partial charge on any atom is -0.383 e. The van der Waals surface area contributed by atoms with Gasteiger partial charge in [0.05, 0.1) is 24.0 Å². The zero-order valence-corrected chi connectivity index (χ0v) is 20.3. The summed E-state index contributed by atoms with van der Waals surface area (Å²) in [5.74, 6) is -1.19. The lowest BCUT2D eigenvalue weighted by Crippen LogP contribution is -2.44. The van der Waals surface area contributed by atoms with Gasteiger partial charge in [-0.25, -0.2) is 17.5 Å². The number of nitrogens with one attached hydrogen (secondary N) is 1. The average Bonchev–Trinajstić information content (AvgIpc) is 2.83. The lowest BCUT2D eigenvalue weighted by Gasteiger charge is -2.34. The first kappa shape index (κ1) is 25.5. The van der Waals surface area contributed by atoms with E-state index in [0.717, 1.165) is 38.0 Å². The molecule has 2 aromatic rings. The van der Waals surface area contributed by atoms with Crippen molar-refractivity contribution in [1.82, 2.24) is 9.62 Å². The summed E-state index contributed by atoms with van der Waals surface area (Å²) in [4.78, 5) is 15.1. The number of aryl methyl sites for hydroxylation is 1. The van der Waals surface area contributed by atoms with Crippen molar-refractivity contribution in [3.8, 4) is 11.1 Å². The number of nitrogens with zero attached hydrogens (tertiary/aromatic N) is 1. The third kappa shape index (κ3) is 6.47. The van der Waals surface area contributed by atoms with Gasteiger partial charge in [-0.05, 0) is 74.5 Å². The minimum atomic E-state index is -3.72. The fourth-order valence-corrected chi connectivity index (χ4v) is 5.66. The van der Waals surface area contributed by atoms with Crippen LogP contribution in [0.4, 0.5) is 4.39 Å². The Balaban J connectivity index is 1.64. The summed E-state index contributed by atoms with van der Waals surface area (Å²) in [6.45, 7) is 5.96. The van der Waals surface area contributed by atoms with E-state index in [-0.39, 0.29) is 11.5 Å². The number of ether oxygens (including phenoxy) is 1. The number of piperidine rings is 1. The lowest BCUT2D eigenvalue weighted by molar-refractivity contribution is 0.0992. The normalized spacial score (nSPS) is 16.6. The highest BCUT2D eigenvalue weighted by molar-refractivity contribution is 7.90. The quantitative estimate of drug-likeness (QED) is 0.530. The van der Waals surface area contributed by atoms with Crippen molar-refractivity contribution in [3.05, 3.63) is 59.4 Å². The van der Waals surface area contributed by atoms with Crippen LogP contribution in [-0.4, -0.2) is 64.2 Å². The van der Waals surface area contributed by atoms with Crippen LogP contribution in [-0.2, 0) is 14.8 Å². The molecule has 0 bridgehead atoms. The van der Waals surface area contributed by atoms with Gasteiger partial charge in [0, 0.05) is 13.7 Å². The summed E-state index contributed by atoms with van der Waals surface area (Å²) in [6, 6.07) is 12.6. The number of likely N-dealkylation sites (tertiary alicyclic amines) is 1. The highest BCUT2D eigenvalue weighted by Crippen LogP contribution is 2.26. The molecule has 8 heteroatoms. The van der Waals surface area contributed by atoms with Gasteiger partial charge >= 0.3 is 0 Å². The number of carbonyl (C=O) groups is 1. The molecule has 1 aliphatic rings. The van der Waals surface area contributed by atoms with Crippen LogP contribution in [0.15, 0.2) is 42.5 Å². The van der Waals surface area contributed by atoms with Crippen molar-refractivity contribution in [1.29, 1.82) is 0 Å². The number of carbonyl (C=O) groups excluding carboxylic acids is 1. The van der Waals surface area contributed by atoms with Gasteiger partial charge in [0.25, 0.3) is 0 Å². The van der Waals surface area contributed by atoms with Crippen molar-refractivity contribution >= 4 is 15.8 Å². The van der Waals surface area contributed by atoms with E-state index < -0.39 is 33.4 Å². The SMILES string of the molecule is COCCN1CCC(C(C)S(=O)(=O)NCC(=O)c2cc(-c3ccccc3)cc(C)c2F)CC1. The number of methoxy groups -OCH3 is 1. The Morgan fingerprint density at radius 3 is 2.48 bits per heavy atom. The zero-order chi connectivity index (χ0) is 24.0. The van der Waals surface area contributed by atoms with Crippen LogP contribution >= 0.6 is 0 Å². The van der Waals surface area contributed by atoms with Crippen molar-refractivity contribution < 1.29 is 22.3 Å². The number of benzene rings is 2. The van der Waals surface area contributed by atoms with Gasteiger partial charge in [-0.3, -0.25) is 4.79 Å². The minimum absolute atomic E-state index is 0.0109. The Kier molecular flexibility index (Phi) is 8.75. The highest BCUT2D eigenvalue weighted by atomic mass is 32.2. The van der Waals surface area contributed by atoms with Crippen LogP contribution in [0.1, 0.15) is 35.7 Å². The number of Topliss-reactive ketones (excluding diaryl/α,β-unsaturated/α-hetero) is 1. The van der Waals surface area contributed by atoms with Gasteiger partial charge in [-0.15, -0.1) is 0 Å². The predicted octanol–water partition coefficient (Wildman–Crippen LogP) is 3.65. The summed E-state index contributed by atoms with van der Waals surface area (Å²) >= 11 is 0. The molecule has 1 fully saturated rings. The average molecular weight is 477 g/mol. The fraction of sp³-hybridized carbons (Fsp3) is 0.480. The second-order valence-electron chi connectivity index (χ2n) is 8.69. The number of hydrogen-bond acceptors (Lipinski definition) is 5. The van der Waals surface area contributed by atoms with Gasteiger partial charge < -0.3 is 9.64 Å². The molecule has 33 heavy (non-hydrogen) atoms. The molecule has 2 aromatic carbocycles. The van der Waals surface area contributed by atoms with Crippen LogP contribution in [0.5, 0.6) is 0 Å². The van der Waals surface area contributed by atoms with Gasteiger partial charge in [0.15, 0.2) is 5.78 Å². The molecule has 180 valence electrons. The molecular formula is C25H33FN2O4S. The Bertz CT molecular complexity index is 1050. The molecular weight excluding hydrogens is 443 g/mol. The molecule has 0 radical (unpaired) electrons. The first-order valence-electron chi connectivity index (χ1n) is 11.3. The Morgan fingerprint density at radius 1 is 1.18 bits per heavy atom. The Morgan fingerprint density at radius 2 is 1.85 bits per heavy atom. The maximum absolute atomic E-state index is 14.7. The highest BCUT2D eigenvalue weighted by Gasteiger charge is 2.32. The molecule has 0 saturated carbocycles. The largest absolute Gasteiger partial charge is 0.383 e. The molecule has 0 aliphatic carbocycles. The van der Waals surface area contributed by atoms with Crippen molar-refractivity contribution in [2.24, 2.45) is 5.92 Å². The van der Waals surface area contributed by atoms with Crippen LogP contribution in [0, 0.1) is 18.7 Å². The summed E-state index contributed by atoms with van der Waals surface area (Å²) in [5.41, 5.74) is 1.82. The van der Waals surface area contributed by atoms with Crippen molar-refractivity contribution in [2.75, 3.05) is 39.9 Å². The van der Waals surface area contributed by atoms with Crippen LogP contribution < -0.4 is 4.72 Å². The molecule has 0 amide bonds. The van der Waals surface area contributed by atoms with Gasteiger partial charge in [0.2, 0.25) is 10.0 Å². The van der Waals surface area contributed by atoms with E-state index in [2.05, 4.69) is 9.62 Å². The van der Waals surface area contributed by atoms with E-state index in [1.54, 1.807) is 27.0 Å². The molecule has 0 spiro atoms. The van der Waals surface area contributed by atoms with E-state index in [9.17, 15) is 17.6 Å². The first-order valence-corrected chi connectivity index (χ1v) is 12.9. The Hall–Kier alpha value is -2.13. The maximum atomic E-state index is 14.7. The van der Waals surface area contributed by atoms with Crippen LogP contribution in [0.25, 0.3) is 11.1 Å². The van der Waals surface area contributed by atoms with E-state index in [1.165, 1.54) is 6.07 Å². The monoisotopic (exact) mass is 476 g/mol. The molecule has 0 aromatic heterocycles. The van der Waals surface area contributed by atoms with E-state index in [1.807, 2.05) is 30.3 Å². The van der Waals surface area contributed by atoms with Gasteiger partial charge in [-0.2, -0.15) is 0 Å². The van der Waals surface area contributed by atoms with Crippen LogP contribution in [0.3, 0.4) is 0 Å². The predicted molar refractivity (Wildman–Crippen MR) is 128 cm³/mol. The smallest absolute Gasteiger partial charge is 0.214 e. The molecule has 1 atom stereocenters.